The van der Waals surface area contributed by atoms with E-state index in [1.807, 2.05) is 0 Å². The normalized spacial score (nSPS) is 16.2. The minimum Gasteiger partial charge on any atom is -1.00 e. The van der Waals surface area contributed by atoms with E-state index in [1.165, 1.54) is 19.3 Å². The maximum Gasteiger partial charge on any atom is 1.00 e. The molecule has 0 bridgehead atoms. The van der Waals surface area contributed by atoms with Crippen LogP contribution in [0.2, 0.25) is 0 Å². The first-order valence-corrected chi connectivity index (χ1v) is 3.18. The van der Waals surface area contributed by atoms with Crippen molar-refractivity contribution in [3.8, 4) is 0 Å². The third kappa shape index (κ3) is 27.5. The molecule has 1 fully saturated rings. The van der Waals surface area contributed by atoms with Crippen molar-refractivity contribution < 1.29 is 49.3 Å². The molecule has 9 heavy (non-hydrogen) atoms. The van der Waals surface area contributed by atoms with Crippen LogP contribution in [0.4, 0.5) is 0 Å². The maximum absolute atomic E-state index is 8.90. The molecule has 0 aromatic carbocycles. The smallest absolute Gasteiger partial charge is 1.00 e. The van der Waals surface area contributed by atoms with Gasteiger partial charge in [0.05, 0.1) is 0 Å². The Bertz CT molecular complexity index is 78.1. The molecule has 52 valence electrons. The molecule has 6 heteroatoms. The Balaban J connectivity index is -0.0000000860. The van der Waals surface area contributed by atoms with Crippen LogP contribution in [0.25, 0.3) is 0 Å². The molecular weight excluding hydrogens is 155 g/mol. The van der Waals surface area contributed by atoms with Gasteiger partial charge in [-0.1, -0.05) is 19.3 Å². The largest absolute Gasteiger partial charge is 1.00 e. The molecule has 1 atom stereocenters. The van der Waals surface area contributed by atoms with Crippen LogP contribution < -0.4 is 29.6 Å². The topological polar surface area (TPSA) is 69.6 Å². The molecule has 4 nitrogen and oxygen atoms in total. The standard InChI is InChI=1S/C3H6.Na.H2O4S.H/c1-2-3-1;;1-4-5(2)3;/h1-3H2;;1H,(H,2,3);/q;+1;;-1/p-1. The van der Waals surface area contributed by atoms with E-state index in [4.69, 9.17) is 14.0 Å². The van der Waals surface area contributed by atoms with Gasteiger partial charge in [0, 0.05) is 0 Å². The summed E-state index contributed by atoms with van der Waals surface area (Å²) < 4.78 is 20.5. The molecule has 1 rings (SSSR count). The van der Waals surface area contributed by atoms with E-state index in [-0.39, 0.29) is 31.0 Å². The molecule has 0 spiro atoms. The van der Waals surface area contributed by atoms with Crippen molar-refractivity contribution >= 4 is 11.4 Å². The van der Waals surface area contributed by atoms with Crippen LogP contribution in [-0.2, 0) is 15.7 Å². The molecule has 0 heterocycles. The second-order valence-electron chi connectivity index (χ2n) is 1.34. The van der Waals surface area contributed by atoms with Crippen molar-refractivity contribution in [1.29, 1.82) is 0 Å². The maximum atomic E-state index is 8.90. The molecule has 0 radical (unpaired) electrons. The molecular formula is C3H8NaO4S-. The van der Waals surface area contributed by atoms with Gasteiger partial charge in [0.25, 0.3) is 0 Å². The zero-order valence-corrected chi connectivity index (χ0v) is 8.02. The van der Waals surface area contributed by atoms with Gasteiger partial charge < -0.3 is 5.98 Å². The van der Waals surface area contributed by atoms with E-state index in [0.29, 0.717) is 0 Å². The minimum absolute atomic E-state index is 0. The van der Waals surface area contributed by atoms with E-state index in [1.54, 1.807) is 0 Å². The first-order valence-electron chi connectivity index (χ1n) is 2.18. The fourth-order valence-electron chi connectivity index (χ4n) is 0. The Labute approximate surface area is 79.8 Å². The van der Waals surface area contributed by atoms with Gasteiger partial charge in [-0.05, 0) is 0 Å². The monoisotopic (exact) mass is 163 g/mol. The number of rotatable bonds is 1. The Morgan fingerprint density at radius 2 is 1.78 bits per heavy atom. The average molecular weight is 163 g/mol. The van der Waals surface area contributed by atoms with Crippen LogP contribution in [0.3, 0.4) is 0 Å². The molecule has 1 aliphatic carbocycles. The van der Waals surface area contributed by atoms with E-state index < -0.39 is 11.4 Å². The summed E-state index contributed by atoms with van der Waals surface area (Å²) in [5.74, 6) is 0. The third-order valence-electron chi connectivity index (χ3n) is 0.414. The van der Waals surface area contributed by atoms with Crippen LogP contribution in [-0.4, -0.2) is 14.0 Å². The van der Waals surface area contributed by atoms with Gasteiger partial charge in [-0.25, -0.2) is 9.47 Å². The van der Waals surface area contributed by atoms with Crippen LogP contribution in [0.1, 0.15) is 20.7 Å². The summed E-state index contributed by atoms with van der Waals surface area (Å²) in [6.45, 7) is 0. The average Bonchev–Trinajstić information content (AvgIpc) is 2.48. The molecule has 0 aromatic heterocycles. The molecule has 1 unspecified atom stereocenters. The first-order chi connectivity index (χ1) is 3.77. The van der Waals surface area contributed by atoms with E-state index in [2.05, 4.69) is 4.33 Å². The van der Waals surface area contributed by atoms with Crippen LogP contribution in [0, 0.1) is 0 Å². The van der Waals surface area contributed by atoms with Gasteiger partial charge in [0.1, 0.15) is 11.4 Å². The second kappa shape index (κ2) is 9.03. The van der Waals surface area contributed by atoms with E-state index in [9.17, 15) is 0 Å². The van der Waals surface area contributed by atoms with Crippen LogP contribution in [0.5, 0.6) is 0 Å². The summed E-state index contributed by atoms with van der Waals surface area (Å²) in [6, 6.07) is 0. The Kier molecular flexibility index (Phi) is 12.7. The van der Waals surface area contributed by atoms with Crippen LogP contribution >= 0.6 is 0 Å². The first kappa shape index (κ1) is 12.7. The summed E-state index contributed by atoms with van der Waals surface area (Å²) in [4.78, 5) is 0. The molecule has 1 aliphatic rings. The van der Waals surface area contributed by atoms with Gasteiger partial charge in [0.15, 0.2) is 0 Å². The Morgan fingerprint density at radius 3 is 1.78 bits per heavy atom. The van der Waals surface area contributed by atoms with Gasteiger partial charge >= 0.3 is 29.6 Å². The predicted octanol–water partition coefficient (Wildman–Crippen LogP) is -2.44. The zero-order valence-electron chi connectivity index (χ0n) is 6.20. The summed E-state index contributed by atoms with van der Waals surface area (Å²) in [6.07, 6.45) is 4.50. The summed E-state index contributed by atoms with van der Waals surface area (Å²) >= 11 is -2.77. The molecule has 1 saturated carbocycles. The minimum atomic E-state index is -2.77. The Morgan fingerprint density at radius 1 is 1.56 bits per heavy atom. The van der Waals surface area contributed by atoms with Gasteiger partial charge in [-0.3, -0.25) is 0 Å². The SMILES string of the molecule is C1CC1.O=S([O-])OO.[H-].[Na+]. The molecule has 0 aliphatic heterocycles. The number of hydrogen-bond acceptors (Lipinski definition) is 4. The van der Waals surface area contributed by atoms with Crippen molar-refractivity contribution in [3.05, 3.63) is 0 Å². The van der Waals surface area contributed by atoms with Crippen molar-refractivity contribution in [2.24, 2.45) is 0 Å². The van der Waals surface area contributed by atoms with Gasteiger partial charge in [0.2, 0.25) is 0 Å². The van der Waals surface area contributed by atoms with Crippen molar-refractivity contribution in [2.75, 3.05) is 0 Å². The molecule has 1 N–H and O–H groups in total. The fourth-order valence-corrected chi connectivity index (χ4v) is 0. The summed E-state index contributed by atoms with van der Waals surface area (Å²) in [5, 5.41) is 7.03. The quantitative estimate of drug-likeness (QED) is 0.202. The number of hydrogen-bond donors (Lipinski definition) is 1. The second-order valence-corrected chi connectivity index (χ2v) is 1.90. The third-order valence-corrected chi connectivity index (χ3v) is 0.536. The summed E-state index contributed by atoms with van der Waals surface area (Å²) in [7, 11) is 0. The molecule has 0 amide bonds. The fraction of sp³-hybridized carbons (Fsp3) is 1.00. The van der Waals surface area contributed by atoms with Crippen LogP contribution in [0.15, 0.2) is 0 Å². The van der Waals surface area contributed by atoms with Crippen molar-refractivity contribution in [1.82, 2.24) is 0 Å². The van der Waals surface area contributed by atoms with Gasteiger partial charge in [-0.15, -0.1) is 4.33 Å². The molecule has 0 aromatic rings. The van der Waals surface area contributed by atoms with E-state index in [0.717, 1.165) is 0 Å². The summed E-state index contributed by atoms with van der Waals surface area (Å²) in [5.41, 5.74) is 0. The zero-order chi connectivity index (χ0) is 6.41. The van der Waals surface area contributed by atoms with Crippen molar-refractivity contribution in [3.63, 3.8) is 0 Å². The van der Waals surface area contributed by atoms with Crippen molar-refractivity contribution in [2.45, 2.75) is 19.3 Å². The van der Waals surface area contributed by atoms with Gasteiger partial charge in [-0.2, -0.15) is 0 Å². The Hall–Kier alpha value is 1.03. The molecule has 0 saturated heterocycles. The van der Waals surface area contributed by atoms with E-state index >= 15 is 0 Å². The predicted molar refractivity (Wildman–Crippen MR) is 27.6 cm³/mol.